The van der Waals surface area contributed by atoms with Gasteiger partial charge in [-0.15, -0.1) is 0 Å². The number of urea groups is 1. The van der Waals surface area contributed by atoms with Crippen molar-refractivity contribution in [2.75, 3.05) is 31.6 Å². The molecule has 1 aliphatic heterocycles. The van der Waals surface area contributed by atoms with Crippen LogP contribution in [0.25, 0.3) is 0 Å². The highest BCUT2D eigenvalue weighted by Gasteiger charge is 2.26. The zero-order valence-electron chi connectivity index (χ0n) is 9.84. The van der Waals surface area contributed by atoms with Crippen LogP contribution >= 0.6 is 0 Å². The Morgan fingerprint density at radius 3 is 2.82 bits per heavy atom. The molecule has 3 N–H and O–H groups in total. The molecule has 1 atom stereocenters. The van der Waals surface area contributed by atoms with Crippen molar-refractivity contribution in [3.8, 4) is 0 Å². The first-order chi connectivity index (χ1) is 8.13. The molecule has 2 rings (SSSR count). The average molecular weight is 235 g/mol. The van der Waals surface area contributed by atoms with Crippen LogP contribution in [0, 0.1) is 0 Å². The van der Waals surface area contributed by atoms with Gasteiger partial charge in [0.25, 0.3) is 0 Å². The molecule has 0 aliphatic carbocycles. The van der Waals surface area contributed by atoms with Crippen LogP contribution in [0.5, 0.6) is 0 Å². The number of benzene rings is 1. The van der Waals surface area contributed by atoms with Crippen molar-refractivity contribution in [3.63, 3.8) is 0 Å². The number of aliphatic hydroxyl groups is 1. The third kappa shape index (κ3) is 2.25. The molecule has 17 heavy (non-hydrogen) atoms. The number of rotatable bonds is 3. The molecule has 1 saturated heterocycles. The number of aliphatic hydroxyl groups excluding tert-OH is 1. The number of nitrogens with zero attached hydrogens (tertiary/aromatic N) is 2. The molecule has 0 aromatic heterocycles. The van der Waals surface area contributed by atoms with E-state index < -0.39 is 6.10 Å². The van der Waals surface area contributed by atoms with Crippen LogP contribution < -0.4 is 10.6 Å². The zero-order chi connectivity index (χ0) is 12.4. The Morgan fingerprint density at radius 1 is 1.47 bits per heavy atom. The quantitative estimate of drug-likeness (QED) is 0.803. The summed E-state index contributed by atoms with van der Waals surface area (Å²) < 4.78 is 0. The van der Waals surface area contributed by atoms with Gasteiger partial charge in [-0.1, -0.05) is 12.1 Å². The van der Waals surface area contributed by atoms with Gasteiger partial charge >= 0.3 is 6.03 Å². The van der Waals surface area contributed by atoms with E-state index in [9.17, 15) is 9.90 Å². The van der Waals surface area contributed by atoms with Gasteiger partial charge in [-0.2, -0.15) is 0 Å². The highest BCUT2D eigenvalue weighted by Crippen LogP contribution is 2.23. The van der Waals surface area contributed by atoms with E-state index in [0.29, 0.717) is 6.54 Å². The lowest BCUT2D eigenvalue weighted by molar-refractivity contribution is 0.187. The average Bonchev–Trinajstić information content (AvgIpc) is 2.69. The van der Waals surface area contributed by atoms with Crippen molar-refractivity contribution >= 4 is 11.7 Å². The van der Waals surface area contributed by atoms with E-state index >= 15 is 0 Å². The minimum atomic E-state index is -0.676. The van der Waals surface area contributed by atoms with Gasteiger partial charge < -0.3 is 15.7 Å². The summed E-state index contributed by atoms with van der Waals surface area (Å²) in [4.78, 5) is 15.2. The van der Waals surface area contributed by atoms with Crippen LogP contribution in [-0.4, -0.2) is 42.7 Å². The zero-order valence-corrected chi connectivity index (χ0v) is 9.84. The lowest BCUT2D eigenvalue weighted by Gasteiger charge is -2.18. The van der Waals surface area contributed by atoms with Crippen molar-refractivity contribution in [1.29, 1.82) is 0 Å². The molecule has 5 heteroatoms. The van der Waals surface area contributed by atoms with Gasteiger partial charge in [0.1, 0.15) is 0 Å². The number of hydrogen-bond donors (Lipinski definition) is 2. The van der Waals surface area contributed by atoms with Gasteiger partial charge in [0, 0.05) is 32.4 Å². The summed E-state index contributed by atoms with van der Waals surface area (Å²) in [6, 6.07) is 7.31. The van der Waals surface area contributed by atoms with E-state index in [0.717, 1.165) is 17.8 Å². The molecule has 0 spiro atoms. The second-order valence-electron chi connectivity index (χ2n) is 4.20. The van der Waals surface area contributed by atoms with Gasteiger partial charge in [0.2, 0.25) is 0 Å². The minimum absolute atomic E-state index is 0.00983. The number of nitrogens with two attached hydrogens (primary N) is 1. The SMILES string of the molecule is CN1CCN(c2cccc(C(O)CN)c2)C1=O. The normalized spacial score (nSPS) is 17.7. The fourth-order valence-corrected chi connectivity index (χ4v) is 1.92. The van der Waals surface area contributed by atoms with Crippen LogP contribution in [0.2, 0.25) is 0 Å². The summed E-state index contributed by atoms with van der Waals surface area (Å²) >= 11 is 0. The Hall–Kier alpha value is -1.59. The van der Waals surface area contributed by atoms with Crippen molar-refractivity contribution in [1.82, 2.24) is 4.90 Å². The van der Waals surface area contributed by atoms with Gasteiger partial charge in [-0.3, -0.25) is 4.90 Å². The molecule has 0 saturated carbocycles. The van der Waals surface area contributed by atoms with E-state index in [-0.39, 0.29) is 12.6 Å². The van der Waals surface area contributed by atoms with Gasteiger partial charge in [-0.05, 0) is 17.7 Å². The summed E-state index contributed by atoms with van der Waals surface area (Å²) in [5, 5.41) is 9.68. The number of amides is 2. The predicted octanol–water partition coefficient (Wildman–Crippen LogP) is 0.551. The van der Waals surface area contributed by atoms with Gasteiger partial charge in [0.05, 0.1) is 6.10 Å². The lowest BCUT2D eigenvalue weighted by atomic mass is 10.1. The summed E-state index contributed by atoms with van der Waals surface area (Å²) in [5.74, 6) is 0. The van der Waals surface area contributed by atoms with Crippen LogP contribution in [0.4, 0.5) is 10.5 Å². The Morgan fingerprint density at radius 2 is 2.24 bits per heavy atom. The maximum atomic E-state index is 11.8. The largest absolute Gasteiger partial charge is 0.387 e. The number of anilines is 1. The second kappa shape index (κ2) is 4.73. The third-order valence-electron chi connectivity index (χ3n) is 3.01. The Balaban J connectivity index is 2.25. The van der Waals surface area contributed by atoms with Gasteiger partial charge in [0.15, 0.2) is 0 Å². The molecule has 92 valence electrons. The number of hydrogen-bond acceptors (Lipinski definition) is 3. The fraction of sp³-hybridized carbons (Fsp3) is 0.417. The van der Waals surface area contributed by atoms with E-state index in [1.807, 2.05) is 24.3 Å². The molecule has 1 heterocycles. The molecule has 1 aromatic rings. The first kappa shape index (κ1) is 11.9. The van der Waals surface area contributed by atoms with E-state index in [1.165, 1.54) is 0 Å². The minimum Gasteiger partial charge on any atom is -0.387 e. The molecule has 1 aromatic carbocycles. The Bertz CT molecular complexity index is 422. The number of carbonyl (C=O) groups is 1. The van der Waals surface area contributed by atoms with Crippen molar-refractivity contribution < 1.29 is 9.90 Å². The van der Waals surface area contributed by atoms with Gasteiger partial charge in [-0.25, -0.2) is 4.79 Å². The van der Waals surface area contributed by atoms with Crippen LogP contribution in [0.15, 0.2) is 24.3 Å². The maximum absolute atomic E-state index is 11.8. The Labute approximate surface area is 100 Å². The standard InChI is InChI=1S/C12H17N3O2/c1-14-5-6-15(12(14)17)10-4-2-3-9(7-10)11(16)8-13/h2-4,7,11,16H,5-6,8,13H2,1H3. The molecular weight excluding hydrogens is 218 g/mol. The fourth-order valence-electron chi connectivity index (χ4n) is 1.92. The van der Waals surface area contributed by atoms with E-state index in [2.05, 4.69) is 0 Å². The summed E-state index contributed by atoms with van der Waals surface area (Å²) in [5.41, 5.74) is 6.97. The number of carbonyl (C=O) groups excluding carboxylic acids is 1. The van der Waals surface area contributed by atoms with Crippen LogP contribution in [-0.2, 0) is 0 Å². The molecule has 1 unspecified atom stereocenters. The highest BCUT2D eigenvalue weighted by atomic mass is 16.3. The van der Waals surface area contributed by atoms with E-state index in [1.54, 1.807) is 16.8 Å². The highest BCUT2D eigenvalue weighted by molar-refractivity contribution is 5.93. The van der Waals surface area contributed by atoms with E-state index in [4.69, 9.17) is 5.73 Å². The van der Waals surface area contributed by atoms with Crippen molar-refractivity contribution in [3.05, 3.63) is 29.8 Å². The molecule has 0 bridgehead atoms. The monoisotopic (exact) mass is 235 g/mol. The molecule has 2 amide bonds. The number of likely N-dealkylation sites (N-methyl/N-ethyl adjacent to an activating group) is 1. The summed E-state index contributed by atoms with van der Waals surface area (Å²) in [6.07, 6.45) is -0.676. The van der Waals surface area contributed by atoms with Crippen molar-refractivity contribution in [2.45, 2.75) is 6.10 Å². The maximum Gasteiger partial charge on any atom is 0.324 e. The lowest BCUT2D eigenvalue weighted by Crippen LogP contribution is -2.29. The summed E-state index contributed by atoms with van der Waals surface area (Å²) in [6.45, 7) is 1.58. The second-order valence-corrected chi connectivity index (χ2v) is 4.20. The molecule has 1 aliphatic rings. The topological polar surface area (TPSA) is 69.8 Å². The van der Waals surface area contributed by atoms with Crippen LogP contribution in [0.3, 0.4) is 0 Å². The molecule has 1 fully saturated rings. The predicted molar refractivity (Wildman–Crippen MR) is 65.8 cm³/mol. The smallest absolute Gasteiger partial charge is 0.324 e. The third-order valence-corrected chi connectivity index (χ3v) is 3.01. The first-order valence-corrected chi connectivity index (χ1v) is 5.64. The Kier molecular flexibility index (Phi) is 3.31. The first-order valence-electron chi connectivity index (χ1n) is 5.64. The van der Waals surface area contributed by atoms with Crippen LogP contribution in [0.1, 0.15) is 11.7 Å². The summed E-state index contributed by atoms with van der Waals surface area (Å²) in [7, 11) is 1.78. The molecule has 0 radical (unpaired) electrons. The van der Waals surface area contributed by atoms with Crippen molar-refractivity contribution in [2.24, 2.45) is 5.73 Å². The molecule has 5 nitrogen and oxygen atoms in total. The molecular formula is C12H17N3O2.